The number of imidazole rings is 1. The van der Waals surface area contributed by atoms with Crippen LogP contribution in [0.4, 0.5) is 11.8 Å². The fraction of sp³-hybridized carbons (Fsp3) is 0. The summed E-state index contributed by atoms with van der Waals surface area (Å²) in [5, 5.41) is 12.9. The smallest absolute Gasteiger partial charge is 0.214 e. The summed E-state index contributed by atoms with van der Waals surface area (Å²) < 4.78 is 4.35. The van der Waals surface area contributed by atoms with Gasteiger partial charge in [-0.05, 0) is 92.0 Å². The van der Waals surface area contributed by atoms with E-state index < -0.39 is 0 Å². The molecular formula is C45H29ClN4. The molecule has 0 atom stereocenters. The predicted molar refractivity (Wildman–Crippen MR) is 211 cm³/mol. The number of benzene rings is 8. The van der Waals surface area contributed by atoms with E-state index in [1.807, 2.05) is 42.5 Å². The molecule has 0 unspecified atom stereocenters. The Morgan fingerprint density at radius 1 is 0.420 bits per heavy atom. The number of aromatic nitrogens is 3. The summed E-state index contributed by atoms with van der Waals surface area (Å²) in [4.78, 5) is 5.05. The first kappa shape index (κ1) is 28.6. The lowest BCUT2D eigenvalue weighted by molar-refractivity contribution is 1.06. The number of nitrogens with one attached hydrogen (secondary N) is 1. The number of halogens is 1. The van der Waals surface area contributed by atoms with Gasteiger partial charge in [0.25, 0.3) is 0 Å². The maximum absolute atomic E-state index is 7.26. The highest BCUT2D eigenvalue weighted by Crippen LogP contribution is 2.41. The normalized spacial score (nSPS) is 11.7. The Labute approximate surface area is 293 Å². The summed E-state index contributed by atoms with van der Waals surface area (Å²) in [7, 11) is 0. The van der Waals surface area contributed by atoms with E-state index in [1.165, 1.54) is 32.3 Å². The van der Waals surface area contributed by atoms with Crippen molar-refractivity contribution in [1.29, 1.82) is 0 Å². The van der Waals surface area contributed by atoms with E-state index in [9.17, 15) is 0 Å². The van der Waals surface area contributed by atoms with Crippen LogP contribution in [0.2, 0.25) is 5.02 Å². The Hall–Kier alpha value is -6.36. The Balaban J connectivity index is 1.15. The summed E-state index contributed by atoms with van der Waals surface area (Å²) in [5.74, 6) is 1.45. The summed E-state index contributed by atoms with van der Waals surface area (Å²) in [6, 6.07) is 59.7. The van der Waals surface area contributed by atoms with Gasteiger partial charge in [0, 0.05) is 16.8 Å². The lowest BCUT2D eigenvalue weighted by Crippen LogP contribution is -2.06. The van der Waals surface area contributed by atoms with Crippen molar-refractivity contribution in [1.82, 2.24) is 14.1 Å². The van der Waals surface area contributed by atoms with Gasteiger partial charge in [0.2, 0.25) is 5.95 Å². The highest BCUT2D eigenvalue weighted by atomic mass is 35.5. The number of hydrogen-bond donors (Lipinski definition) is 1. The van der Waals surface area contributed by atoms with Crippen molar-refractivity contribution >= 4 is 77.6 Å². The second-order valence-corrected chi connectivity index (χ2v) is 13.0. The van der Waals surface area contributed by atoms with Gasteiger partial charge in [-0.15, -0.1) is 0 Å². The molecular weight excluding hydrogens is 632 g/mol. The van der Waals surface area contributed by atoms with Crippen molar-refractivity contribution in [2.24, 2.45) is 0 Å². The number of rotatable bonds is 5. The Morgan fingerprint density at radius 3 is 1.72 bits per heavy atom. The van der Waals surface area contributed by atoms with Crippen LogP contribution >= 0.6 is 11.6 Å². The molecule has 2 heterocycles. The molecule has 0 saturated carbocycles. The molecule has 5 heteroatoms. The molecule has 0 amide bonds. The molecule has 4 nitrogen and oxygen atoms in total. The van der Waals surface area contributed by atoms with Crippen molar-refractivity contribution in [3.05, 3.63) is 175 Å². The van der Waals surface area contributed by atoms with E-state index in [2.05, 4.69) is 142 Å². The van der Waals surface area contributed by atoms with Crippen molar-refractivity contribution in [3.63, 3.8) is 0 Å². The van der Waals surface area contributed by atoms with Gasteiger partial charge in [-0.25, -0.2) is 4.98 Å². The number of para-hydroxylation sites is 4. The number of fused-ring (bicyclic) bond motifs is 8. The average Bonchev–Trinajstić information content (AvgIpc) is 3.69. The largest absolute Gasteiger partial charge is 0.310 e. The standard InChI is InChI=1S/C45H29ClN4/c46-43-38-21-8-10-23-41(38)49(44(43)48-45-47-40-22-9-11-24-42(40)50(45)31-14-2-1-3-15-31)32-16-12-13-29(27-32)30-25-26-37-35-19-5-4-17-33(35)34-18-6-7-20-36(34)39(37)28-30/h1-28H,(H,47,48). The van der Waals surface area contributed by atoms with Gasteiger partial charge >= 0.3 is 0 Å². The van der Waals surface area contributed by atoms with E-state index in [4.69, 9.17) is 16.6 Å². The molecule has 0 spiro atoms. The molecule has 50 heavy (non-hydrogen) atoms. The molecule has 1 N–H and O–H groups in total. The predicted octanol–water partition coefficient (Wildman–Crippen LogP) is 12.5. The zero-order valence-electron chi connectivity index (χ0n) is 26.9. The van der Waals surface area contributed by atoms with Crippen LogP contribution in [0, 0.1) is 0 Å². The van der Waals surface area contributed by atoms with Crippen LogP contribution in [0.5, 0.6) is 0 Å². The third-order valence-corrected chi connectivity index (χ3v) is 10.2. The second kappa shape index (κ2) is 11.4. The van der Waals surface area contributed by atoms with Crippen molar-refractivity contribution in [2.75, 3.05) is 5.32 Å². The van der Waals surface area contributed by atoms with Gasteiger partial charge in [-0.1, -0.05) is 133 Å². The topological polar surface area (TPSA) is 34.8 Å². The molecule has 0 bridgehead atoms. The Morgan fingerprint density at radius 2 is 0.980 bits per heavy atom. The number of anilines is 2. The monoisotopic (exact) mass is 660 g/mol. The van der Waals surface area contributed by atoms with Gasteiger partial charge < -0.3 is 5.32 Å². The first-order valence-electron chi connectivity index (χ1n) is 16.8. The van der Waals surface area contributed by atoms with E-state index in [0.29, 0.717) is 11.0 Å². The molecule has 0 aliphatic heterocycles. The Bertz CT molecular complexity index is 2880. The third-order valence-electron chi connectivity index (χ3n) is 9.80. The average molecular weight is 661 g/mol. The zero-order valence-corrected chi connectivity index (χ0v) is 27.6. The molecule has 0 saturated heterocycles. The van der Waals surface area contributed by atoms with Crippen LogP contribution in [0.3, 0.4) is 0 Å². The molecule has 0 radical (unpaired) electrons. The lowest BCUT2D eigenvalue weighted by atomic mass is 9.92. The first-order chi connectivity index (χ1) is 24.7. The van der Waals surface area contributed by atoms with Crippen LogP contribution in [0.25, 0.3) is 76.8 Å². The summed E-state index contributed by atoms with van der Waals surface area (Å²) >= 11 is 7.26. The quantitative estimate of drug-likeness (QED) is 0.186. The summed E-state index contributed by atoms with van der Waals surface area (Å²) in [6.07, 6.45) is 0. The third kappa shape index (κ3) is 4.43. The van der Waals surface area contributed by atoms with Crippen LogP contribution < -0.4 is 5.32 Å². The molecule has 8 aromatic carbocycles. The van der Waals surface area contributed by atoms with Crippen LogP contribution in [0.1, 0.15) is 0 Å². The van der Waals surface area contributed by atoms with Crippen LogP contribution in [-0.4, -0.2) is 14.1 Å². The fourth-order valence-corrected chi connectivity index (χ4v) is 7.84. The minimum atomic E-state index is 0.640. The molecule has 0 fully saturated rings. The van der Waals surface area contributed by atoms with Gasteiger partial charge in [0.15, 0.2) is 0 Å². The molecule has 0 aliphatic carbocycles. The van der Waals surface area contributed by atoms with E-state index in [1.54, 1.807) is 0 Å². The van der Waals surface area contributed by atoms with Crippen molar-refractivity contribution < 1.29 is 0 Å². The van der Waals surface area contributed by atoms with Gasteiger partial charge in [0.1, 0.15) is 5.82 Å². The number of nitrogens with zero attached hydrogens (tertiary/aromatic N) is 3. The summed E-state index contributed by atoms with van der Waals surface area (Å²) in [5.41, 5.74) is 7.21. The fourth-order valence-electron chi connectivity index (χ4n) is 7.55. The van der Waals surface area contributed by atoms with E-state index in [0.717, 1.165) is 50.3 Å². The molecule has 10 aromatic rings. The van der Waals surface area contributed by atoms with Crippen molar-refractivity contribution in [2.45, 2.75) is 0 Å². The number of hydrogen-bond acceptors (Lipinski definition) is 2. The maximum Gasteiger partial charge on any atom is 0.214 e. The highest BCUT2D eigenvalue weighted by Gasteiger charge is 2.21. The zero-order chi connectivity index (χ0) is 33.2. The second-order valence-electron chi connectivity index (χ2n) is 12.6. The van der Waals surface area contributed by atoms with E-state index in [-0.39, 0.29) is 0 Å². The van der Waals surface area contributed by atoms with Gasteiger partial charge in [-0.3, -0.25) is 9.13 Å². The molecule has 2 aromatic heterocycles. The first-order valence-corrected chi connectivity index (χ1v) is 17.1. The molecule has 10 rings (SSSR count). The van der Waals surface area contributed by atoms with Crippen molar-refractivity contribution in [3.8, 4) is 22.5 Å². The van der Waals surface area contributed by atoms with Gasteiger partial charge in [-0.2, -0.15) is 0 Å². The van der Waals surface area contributed by atoms with E-state index >= 15 is 0 Å². The minimum absolute atomic E-state index is 0.640. The Kier molecular flexibility index (Phi) is 6.51. The summed E-state index contributed by atoms with van der Waals surface area (Å²) in [6.45, 7) is 0. The maximum atomic E-state index is 7.26. The SMILES string of the molecule is Clc1c(Nc2nc3ccccc3n2-c2ccccc2)n(-c2cccc(-c3ccc4c5ccccc5c5ccccc5c4c3)c2)c2ccccc12. The van der Waals surface area contributed by atoms with Crippen LogP contribution in [-0.2, 0) is 0 Å². The molecule has 0 aliphatic rings. The lowest BCUT2D eigenvalue weighted by Gasteiger charge is -2.16. The molecule has 236 valence electrons. The minimum Gasteiger partial charge on any atom is -0.310 e. The van der Waals surface area contributed by atoms with Gasteiger partial charge in [0.05, 0.1) is 21.6 Å². The highest BCUT2D eigenvalue weighted by molar-refractivity contribution is 6.38. The van der Waals surface area contributed by atoms with Crippen LogP contribution in [0.15, 0.2) is 170 Å².